The Morgan fingerprint density at radius 2 is 1.69 bits per heavy atom. The Hall–Kier alpha value is -0.860. The molecule has 0 saturated heterocycles. The van der Waals surface area contributed by atoms with E-state index >= 15 is 0 Å². The molecule has 1 aromatic rings. The number of rotatable bonds is 2. The van der Waals surface area contributed by atoms with Crippen molar-refractivity contribution >= 4 is 0 Å². The molecule has 0 spiro atoms. The third-order valence-electron chi connectivity index (χ3n) is 2.20. The Morgan fingerprint density at radius 3 is 2.08 bits per heavy atom. The molecule has 0 aromatic heterocycles. The van der Waals surface area contributed by atoms with Crippen molar-refractivity contribution in [3.63, 3.8) is 0 Å². The van der Waals surface area contributed by atoms with Gasteiger partial charge in [0.05, 0.1) is 11.6 Å². The lowest BCUT2D eigenvalue weighted by Crippen LogP contribution is -2.34. The van der Waals surface area contributed by atoms with Gasteiger partial charge in [0.2, 0.25) is 0 Å². The largest absolute Gasteiger partial charge is 0.388 e. The summed E-state index contributed by atoms with van der Waals surface area (Å²) in [5.41, 5.74) is 7.18. The number of nitrogens with two attached hydrogens (primary N) is 1. The summed E-state index contributed by atoms with van der Waals surface area (Å²) >= 11 is 0. The molecule has 1 rings (SSSR count). The van der Waals surface area contributed by atoms with E-state index < -0.39 is 5.60 Å². The minimum absolute atomic E-state index is 0.326. The zero-order valence-electron chi connectivity index (χ0n) is 8.41. The number of aliphatic hydroxyl groups is 1. The first-order valence-corrected chi connectivity index (χ1v) is 4.46. The van der Waals surface area contributed by atoms with Crippen LogP contribution in [0.5, 0.6) is 0 Å². The summed E-state index contributed by atoms with van der Waals surface area (Å²) in [5, 5.41) is 9.68. The second kappa shape index (κ2) is 3.48. The normalized spacial score (nSPS) is 14.2. The predicted octanol–water partition coefficient (Wildman–Crippen LogP) is 1.77. The van der Waals surface area contributed by atoms with E-state index in [1.807, 2.05) is 31.2 Å². The highest BCUT2D eigenvalue weighted by Gasteiger charge is 2.23. The van der Waals surface area contributed by atoms with Gasteiger partial charge in [-0.25, -0.2) is 0 Å². The smallest absolute Gasteiger partial charge is 0.0783 e. The Balaban J connectivity index is 2.90. The molecule has 2 heteroatoms. The zero-order valence-corrected chi connectivity index (χ0v) is 8.41. The van der Waals surface area contributed by atoms with Crippen molar-refractivity contribution in [1.29, 1.82) is 0 Å². The summed E-state index contributed by atoms with van der Waals surface area (Å²) in [7, 11) is 0. The van der Waals surface area contributed by atoms with Crippen molar-refractivity contribution in [1.82, 2.24) is 0 Å². The fourth-order valence-corrected chi connectivity index (χ4v) is 1.18. The molecule has 0 amide bonds. The van der Waals surface area contributed by atoms with Gasteiger partial charge in [0.15, 0.2) is 0 Å². The van der Waals surface area contributed by atoms with Gasteiger partial charge in [0.25, 0.3) is 0 Å². The topological polar surface area (TPSA) is 46.2 Å². The van der Waals surface area contributed by atoms with Gasteiger partial charge < -0.3 is 10.8 Å². The summed E-state index contributed by atoms with van der Waals surface area (Å²) in [6.45, 7) is 5.47. The molecule has 0 radical (unpaired) electrons. The molecule has 3 N–H and O–H groups in total. The molecule has 0 aliphatic heterocycles. The van der Waals surface area contributed by atoms with Crippen molar-refractivity contribution in [2.45, 2.75) is 32.4 Å². The van der Waals surface area contributed by atoms with Crippen LogP contribution in [-0.4, -0.2) is 10.7 Å². The molecule has 0 saturated carbocycles. The summed E-state index contributed by atoms with van der Waals surface area (Å²) in [6.07, 6.45) is 0. The van der Waals surface area contributed by atoms with Gasteiger partial charge in [-0.05, 0) is 26.3 Å². The maximum atomic E-state index is 9.68. The van der Waals surface area contributed by atoms with E-state index in [9.17, 15) is 5.11 Å². The highest BCUT2D eigenvalue weighted by molar-refractivity contribution is 5.25. The van der Waals surface area contributed by atoms with Gasteiger partial charge >= 0.3 is 0 Å². The number of aryl methyl sites for hydroxylation is 1. The fourth-order valence-electron chi connectivity index (χ4n) is 1.18. The second-order valence-corrected chi connectivity index (χ2v) is 4.04. The van der Waals surface area contributed by atoms with Crippen LogP contribution in [0.1, 0.15) is 31.0 Å². The summed E-state index contributed by atoms with van der Waals surface area (Å²) in [4.78, 5) is 0. The molecule has 0 fully saturated rings. The van der Waals surface area contributed by atoms with E-state index in [-0.39, 0.29) is 6.04 Å². The molecule has 0 bridgehead atoms. The van der Waals surface area contributed by atoms with Crippen molar-refractivity contribution in [2.75, 3.05) is 0 Å². The monoisotopic (exact) mass is 179 g/mol. The maximum absolute atomic E-state index is 9.68. The molecule has 72 valence electrons. The Bertz CT molecular complexity index is 271. The van der Waals surface area contributed by atoms with Crippen molar-refractivity contribution in [3.05, 3.63) is 35.4 Å². The molecule has 2 nitrogen and oxygen atoms in total. The zero-order chi connectivity index (χ0) is 10.1. The molecule has 0 aliphatic carbocycles. The van der Waals surface area contributed by atoms with Crippen LogP contribution in [0.3, 0.4) is 0 Å². The molecule has 0 heterocycles. The van der Waals surface area contributed by atoms with Gasteiger partial charge in [-0.2, -0.15) is 0 Å². The molecule has 1 aromatic carbocycles. The van der Waals surface area contributed by atoms with Crippen molar-refractivity contribution in [3.8, 4) is 0 Å². The first-order chi connectivity index (χ1) is 5.91. The van der Waals surface area contributed by atoms with Gasteiger partial charge in [0, 0.05) is 0 Å². The Morgan fingerprint density at radius 1 is 1.23 bits per heavy atom. The van der Waals surface area contributed by atoms with Crippen molar-refractivity contribution < 1.29 is 5.11 Å². The van der Waals surface area contributed by atoms with E-state index in [0.29, 0.717) is 0 Å². The van der Waals surface area contributed by atoms with Crippen LogP contribution in [-0.2, 0) is 0 Å². The third-order valence-corrected chi connectivity index (χ3v) is 2.20. The summed E-state index contributed by atoms with van der Waals surface area (Å²) < 4.78 is 0. The highest BCUT2D eigenvalue weighted by Crippen LogP contribution is 2.22. The first-order valence-electron chi connectivity index (χ1n) is 4.46. The van der Waals surface area contributed by atoms with Crippen LogP contribution in [0, 0.1) is 6.92 Å². The number of hydrogen-bond acceptors (Lipinski definition) is 2. The van der Waals surface area contributed by atoms with Gasteiger partial charge in [-0.15, -0.1) is 0 Å². The maximum Gasteiger partial charge on any atom is 0.0783 e. The summed E-state index contributed by atoms with van der Waals surface area (Å²) in [5.74, 6) is 0. The average molecular weight is 179 g/mol. The number of benzene rings is 1. The van der Waals surface area contributed by atoms with E-state index in [1.165, 1.54) is 5.56 Å². The first kappa shape index (κ1) is 10.2. The van der Waals surface area contributed by atoms with Crippen LogP contribution in [0.2, 0.25) is 0 Å². The van der Waals surface area contributed by atoms with Gasteiger partial charge in [-0.1, -0.05) is 29.8 Å². The molecular weight excluding hydrogens is 162 g/mol. The van der Waals surface area contributed by atoms with Gasteiger partial charge in [0.1, 0.15) is 0 Å². The SMILES string of the molecule is Cc1ccc([C@@H](N)C(C)(C)O)cc1. The van der Waals surface area contributed by atoms with Crippen LogP contribution in [0.4, 0.5) is 0 Å². The molecule has 1 atom stereocenters. The number of hydrogen-bond donors (Lipinski definition) is 2. The lowest BCUT2D eigenvalue weighted by molar-refractivity contribution is 0.0517. The minimum atomic E-state index is -0.866. The Labute approximate surface area is 79.4 Å². The van der Waals surface area contributed by atoms with Crippen molar-refractivity contribution in [2.24, 2.45) is 5.73 Å². The van der Waals surface area contributed by atoms with Crippen LogP contribution >= 0.6 is 0 Å². The van der Waals surface area contributed by atoms with Crippen LogP contribution < -0.4 is 5.73 Å². The summed E-state index contributed by atoms with van der Waals surface area (Å²) in [6, 6.07) is 7.59. The molecule has 13 heavy (non-hydrogen) atoms. The van der Waals surface area contributed by atoms with E-state index in [4.69, 9.17) is 5.73 Å². The van der Waals surface area contributed by atoms with E-state index in [1.54, 1.807) is 13.8 Å². The lowest BCUT2D eigenvalue weighted by Gasteiger charge is -2.25. The molecule has 0 unspecified atom stereocenters. The standard InChI is InChI=1S/C11H17NO/c1-8-4-6-9(7-5-8)10(12)11(2,3)13/h4-7,10,13H,12H2,1-3H3/t10-/m1/s1. The van der Waals surface area contributed by atoms with Crippen LogP contribution in [0.25, 0.3) is 0 Å². The average Bonchev–Trinajstić information content (AvgIpc) is 2.03. The van der Waals surface area contributed by atoms with Gasteiger partial charge in [-0.3, -0.25) is 0 Å². The second-order valence-electron chi connectivity index (χ2n) is 4.04. The quantitative estimate of drug-likeness (QED) is 0.726. The predicted molar refractivity (Wildman–Crippen MR) is 54.4 cm³/mol. The molecular formula is C11H17NO. The van der Waals surface area contributed by atoms with Crippen LogP contribution in [0.15, 0.2) is 24.3 Å². The molecule has 0 aliphatic rings. The highest BCUT2D eigenvalue weighted by atomic mass is 16.3. The fraction of sp³-hybridized carbons (Fsp3) is 0.455. The minimum Gasteiger partial charge on any atom is -0.388 e. The Kier molecular flexibility index (Phi) is 2.74. The van der Waals surface area contributed by atoms with E-state index in [0.717, 1.165) is 5.56 Å². The lowest BCUT2D eigenvalue weighted by atomic mass is 9.92. The third kappa shape index (κ3) is 2.54. The van der Waals surface area contributed by atoms with E-state index in [2.05, 4.69) is 0 Å².